The summed E-state index contributed by atoms with van der Waals surface area (Å²) in [6.45, 7) is 4.03. The van der Waals surface area contributed by atoms with E-state index in [1.165, 1.54) is 18.2 Å². The summed E-state index contributed by atoms with van der Waals surface area (Å²) in [5.41, 5.74) is 0.254. The van der Waals surface area contributed by atoms with E-state index in [9.17, 15) is 9.59 Å². The van der Waals surface area contributed by atoms with Gasteiger partial charge in [-0.15, -0.1) is 0 Å². The van der Waals surface area contributed by atoms with Crippen molar-refractivity contribution in [3.05, 3.63) is 42.5 Å². The highest BCUT2D eigenvalue weighted by Crippen LogP contribution is 2.13. The average Bonchev–Trinajstić information content (AvgIpc) is 2.46. The number of ether oxygens (including phenoxy) is 1. The van der Waals surface area contributed by atoms with Gasteiger partial charge in [0.25, 0.3) is 0 Å². The van der Waals surface area contributed by atoms with Crippen LogP contribution in [-0.4, -0.2) is 23.5 Å². The van der Waals surface area contributed by atoms with Crippen LogP contribution in [0.2, 0.25) is 0 Å². The van der Waals surface area contributed by atoms with E-state index in [0.29, 0.717) is 18.8 Å². The largest absolute Gasteiger partial charge is 0.494 e. The minimum atomic E-state index is -0.939. The molecule has 4 nitrogen and oxygen atoms in total. The highest BCUT2D eigenvalue weighted by atomic mass is 16.5. The van der Waals surface area contributed by atoms with Crippen molar-refractivity contribution in [2.24, 2.45) is 0 Å². The maximum atomic E-state index is 11.0. The molecule has 1 rings (SSSR count). The number of ketones is 1. The highest BCUT2D eigenvalue weighted by Gasteiger charge is 2.02. The summed E-state index contributed by atoms with van der Waals surface area (Å²) in [6.07, 6.45) is 5.75. The molecular weight excluding hydrogens is 256 g/mol. The third-order valence-electron chi connectivity index (χ3n) is 2.92. The van der Waals surface area contributed by atoms with E-state index in [1.807, 2.05) is 0 Å². The molecule has 0 aromatic heterocycles. The molecule has 0 bridgehead atoms. The van der Waals surface area contributed by atoms with Gasteiger partial charge in [0.2, 0.25) is 0 Å². The molecule has 4 heteroatoms. The molecule has 0 unspecified atom stereocenters. The number of allylic oxidation sites excluding steroid dienone is 1. The lowest BCUT2D eigenvalue weighted by atomic mass is 10.1. The van der Waals surface area contributed by atoms with Gasteiger partial charge in [-0.25, -0.2) is 4.79 Å². The van der Waals surface area contributed by atoms with Crippen LogP contribution in [0.3, 0.4) is 0 Å². The van der Waals surface area contributed by atoms with E-state index in [0.717, 1.165) is 25.7 Å². The minimum Gasteiger partial charge on any atom is -0.494 e. The second kappa shape index (κ2) is 8.91. The van der Waals surface area contributed by atoms with Gasteiger partial charge in [-0.2, -0.15) is 0 Å². The van der Waals surface area contributed by atoms with Gasteiger partial charge in [0.1, 0.15) is 5.75 Å². The molecule has 108 valence electrons. The van der Waals surface area contributed by atoms with Crippen LogP contribution < -0.4 is 4.74 Å². The van der Waals surface area contributed by atoms with Crippen molar-refractivity contribution < 1.29 is 19.4 Å². The fourth-order valence-electron chi connectivity index (χ4n) is 1.74. The summed E-state index contributed by atoms with van der Waals surface area (Å²) in [7, 11) is 0. The van der Waals surface area contributed by atoms with Crippen LogP contribution >= 0.6 is 0 Å². The van der Waals surface area contributed by atoms with Crippen LogP contribution in [0.4, 0.5) is 0 Å². The van der Waals surface area contributed by atoms with Gasteiger partial charge < -0.3 is 9.84 Å². The second-order valence-corrected chi connectivity index (χ2v) is 4.51. The molecule has 0 aliphatic rings. The molecule has 0 amide bonds. The molecule has 0 spiro atoms. The summed E-state index contributed by atoms with van der Waals surface area (Å²) in [5.74, 6) is -0.165. The van der Waals surface area contributed by atoms with E-state index < -0.39 is 5.97 Å². The van der Waals surface area contributed by atoms with Gasteiger partial charge >= 0.3 is 5.97 Å². The number of carboxylic acid groups (broad SMARTS) is 1. The summed E-state index contributed by atoms with van der Waals surface area (Å²) < 4.78 is 5.51. The van der Waals surface area contributed by atoms with E-state index in [4.69, 9.17) is 9.84 Å². The molecule has 20 heavy (non-hydrogen) atoms. The average molecular weight is 276 g/mol. The fraction of sp³-hybridized carbons (Fsp3) is 0.375. The van der Waals surface area contributed by atoms with Crippen LogP contribution in [0.1, 0.15) is 42.5 Å². The number of carbonyl (C=O) groups is 2. The van der Waals surface area contributed by atoms with Crippen molar-refractivity contribution >= 4 is 11.8 Å². The highest BCUT2D eigenvalue weighted by molar-refractivity contribution is 5.89. The van der Waals surface area contributed by atoms with Crippen LogP contribution in [0.25, 0.3) is 0 Å². The van der Waals surface area contributed by atoms with E-state index >= 15 is 0 Å². The third kappa shape index (κ3) is 6.18. The van der Waals surface area contributed by atoms with Crippen LogP contribution in [0, 0.1) is 0 Å². The van der Waals surface area contributed by atoms with Gasteiger partial charge in [0.15, 0.2) is 5.78 Å². The zero-order chi connectivity index (χ0) is 14.8. The van der Waals surface area contributed by atoms with E-state index in [2.05, 4.69) is 6.58 Å². The topological polar surface area (TPSA) is 63.6 Å². The van der Waals surface area contributed by atoms with Crippen molar-refractivity contribution in [1.29, 1.82) is 0 Å². The van der Waals surface area contributed by atoms with Crippen LogP contribution in [0.5, 0.6) is 5.75 Å². The number of carboxylic acids is 1. The van der Waals surface area contributed by atoms with E-state index in [-0.39, 0.29) is 11.3 Å². The predicted octanol–water partition coefficient (Wildman–Crippen LogP) is 3.47. The Morgan fingerprint density at radius 3 is 2.35 bits per heavy atom. The van der Waals surface area contributed by atoms with Crippen LogP contribution in [0.15, 0.2) is 36.9 Å². The molecule has 0 fully saturated rings. The van der Waals surface area contributed by atoms with Crippen LogP contribution in [-0.2, 0) is 4.79 Å². The number of carbonyl (C=O) groups excluding carboxylic acids is 1. The normalized spacial score (nSPS) is 10.0. The van der Waals surface area contributed by atoms with Gasteiger partial charge in [-0.1, -0.05) is 19.4 Å². The van der Waals surface area contributed by atoms with Crippen molar-refractivity contribution in [3.8, 4) is 5.75 Å². The standard InChI is InChI=1S/C16H20O4/c1-2-14(17)7-5-3-4-6-12-20-15-10-8-13(9-11-15)16(18)19/h2,8-11H,1,3-7,12H2,(H,18,19). The first-order valence-corrected chi connectivity index (χ1v) is 6.75. The molecule has 1 aromatic carbocycles. The number of benzene rings is 1. The fourth-order valence-corrected chi connectivity index (χ4v) is 1.74. The summed E-state index contributed by atoms with van der Waals surface area (Å²) >= 11 is 0. The summed E-state index contributed by atoms with van der Waals surface area (Å²) in [6, 6.07) is 6.37. The smallest absolute Gasteiger partial charge is 0.335 e. The first-order chi connectivity index (χ1) is 9.63. The quantitative estimate of drug-likeness (QED) is 0.525. The molecule has 0 saturated carbocycles. The number of aromatic carboxylic acids is 1. The number of hydrogen-bond acceptors (Lipinski definition) is 3. The van der Waals surface area contributed by atoms with Gasteiger partial charge in [0, 0.05) is 6.42 Å². The van der Waals surface area contributed by atoms with Crippen molar-refractivity contribution in [1.82, 2.24) is 0 Å². The van der Waals surface area contributed by atoms with Crippen molar-refractivity contribution in [2.75, 3.05) is 6.61 Å². The van der Waals surface area contributed by atoms with E-state index in [1.54, 1.807) is 12.1 Å². The Kier molecular flexibility index (Phi) is 7.11. The SMILES string of the molecule is C=CC(=O)CCCCCCOc1ccc(C(=O)O)cc1. The monoisotopic (exact) mass is 276 g/mol. The minimum absolute atomic E-state index is 0.0970. The summed E-state index contributed by atoms with van der Waals surface area (Å²) in [5, 5.41) is 8.76. The Bertz CT molecular complexity index is 448. The molecule has 0 radical (unpaired) electrons. The maximum absolute atomic E-state index is 11.0. The lowest BCUT2D eigenvalue weighted by Gasteiger charge is -2.06. The molecule has 1 N–H and O–H groups in total. The van der Waals surface area contributed by atoms with Crippen molar-refractivity contribution in [2.45, 2.75) is 32.1 Å². The number of hydrogen-bond donors (Lipinski definition) is 1. The second-order valence-electron chi connectivity index (χ2n) is 4.51. The lowest BCUT2D eigenvalue weighted by Crippen LogP contribution is -1.99. The summed E-state index contributed by atoms with van der Waals surface area (Å²) in [4.78, 5) is 21.6. The lowest BCUT2D eigenvalue weighted by molar-refractivity contribution is -0.114. The Labute approximate surface area is 119 Å². The Morgan fingerprint density at radius 2 is 1.75 bits per heavy atom. The zero-order valence-corrected chi connectivity index (χ0v) is 11.5. The van der Waals surface area contributed by atoms with Gasteiger partial charge in [-0.05, 0) is 43.2 Å². The first kappa shape index (κ1) is 16.0. The molecule has 0 aliphatic carbocycles. The third-order valence-corrected chi connectivity index (χ3v) is 2.92. The molecule has 0 atom stereocenters. The predicted molar refractivity (Wildman–Crippen MR) is 77.2 cm³/mol. The first-order valence-electron chi connectivity index (χ1n) is 6.75. The molecule has 0 heterocycles. The molecule has 0 saturated heterocycles. The number of rotatable bonds is 10. The molecule has 1 aromatic rings. The molecule has 0 aliphatic heterocycles. The van der Waals surface area contributed by atoms with Gasteiger partial charge in [0.05, 0.1) is 12.2 Å². The Balaban J connectivity index is 2.10. The Morgan fingerprint density at radius 1 is 1.10 bits per heavy atom. The zero-order valence-electron chi connectivity index (χ0n) is 11.5. The van der Waals surface area contributed by atoms with Crippen molar-refractivity contribution in [3.63, 3.8) is 0 Å². The maximum Gasteiger partial charge on any atom is 0.335 e. The molecular formula is C16H20O4. The number of unbranched alkanes of at least 4 members (excludes halogenated alkanes) is 3. The van der Waals surface area contributed by atoms with Gasteiger partial charge in [-0.3, -0.25) is 4.79 Å². The Hall–Kier alpha value is -2.10.